The topological polar surface area (TPSA) is 79.0 Å². The summed E-state index contributed by atoms with van der Waals surface area (Å²) in [4.78, 5) is 40.8. The molecular weight excluding hydrogens is 370 g/mol. The van der Waals surface area contributed by atoms with Crippen LogP contribution in [0.4, 0.5) is 0 Å². The molecule has 0 saturated carbocycles. The van der Waals surface area contributed by atoms with Gasteiger partial charge in [0, 0.05) is 37.3 Å². The van der Waals surface area contributed by atoms with Crippen LogP contribution in [0.25, 0.3) is 0 Å². The van der Waals surface area contributed by atoms with E-state index in [2.05, 4.69) is 5.32 Å². The van der Waals surface area contributed by atoms with E-state index in [4.69, 9.17) is 4.74 Å². The van der Waals surface area contributed by atoms with Crippen LogP contribution in [0.1, 0.15) is 27.1 Å². The molecule has 0 aromatic heterocycles. The SMILES string of the molecule is COc1cccc(C(=O)N2CCCN(C(=O)CNC(=O)c3ccccc3)CC2)c1. The Bertz CT molecular complexity index is 869. The van der Waals surface area contributed by atoms with Crippen LogP contribution in [-0.2, 0) is 4.79 Å². The standard InChI is InChI=1S/C22H25N3O4/c1-29-19-10-5-9-18(15-19)22(28)25-12-6-11-24(13-14-25)20(26)16-23-21(27)17-7-3-2-4-8-17/h2-5,7-10,15H,6,11-14,16H2,1H3,(H,23,27). The molecule has 0 aliphatic carbocycles. The van der Waals surface area contributed by atoms with Crippen molar-refractivity contribution in [3.05, 3.63) is 65.7 Å². The number of rotatable bonds is 5. The van der Waals surface area contributed by atoms with E-state index in [1.807, 2.05) is 6.07 Å². The zero-order chi connectivity index (χ0) is 20.6. The van der Waals surface area contributed by atoms with E-state index in [0.29, 0.717) is 49.5 Å². The van der Waals surface area contributed by atoms with Crippen molar-refractivity contribution in [2.45, 2.75) is 6.42 Å². The van der Waals surface area contributed by atoms with Crippen molar-refractivity contribution < 1.29 is 19.1 Å². The summed E-state index contributed by atoms with van der Waals surface area (Å²) in [7, 11) is 1.57. The van der Waals surface area contributed by atoms with Crippen molar-refractivity contribution in [2.75, 3.05) is 39.8 Å². The highest BCUT2D eigenvalue weighted by Gasteiger charge is 2.23. The number of methoxy groups -OCH3 is 1. The van der Waals surface area contributed by atoms with Gasteiger partial charge in [-0.25, -0.2) is 0 Å². The van der Waals surface area contributed by atoms with E-state index < -0.39 is 0 Å². The Morgan fingerprint density at radius 1 is 0.897 bits per heavy atom. The average molecular weight is 395 g/mol. The summed E-state index contributed by atoms with van der Waals surface area (Å²) >= 11 is 0. The largest absolute Gasteiger partial charge is 0.497 e. The van der Waals surface area contributed by atoms with Gasteiger partial charge < -0.3 is 19.9 Å². The zero-order valence-electron chi connectivity index (χ0n) is 16.5. The molecule has 7 nitrogen and oxygen atoms in total. The van der Waals surface area contributed by atoms with Crippen molar-refractivity contribution >= 4 is 17.7 Å². The molecule has 0 spiro atoms. The van der Waals surface area contributed by atoms with Crippen molar-refractivity contribution in [1.82, 2.24) is 15.1 Å². The van der Waals surface area contributed by atoms with Gasteiger partial charge in [0.2, 0.25) is 5.91 Å². The Labute approximate surface area is 170 Å². The van der Waals surface area contributed by atoms with Gasteiger partial charge in [-0.1, -0.05) is 24.3 Å². The van der Waals surface area contributed by atoms with Crippen molar-refractivity contribution in [3.8, 4) is 5.75 Å². The molecule has 152 valence electrons. The number of benzene rings is 2. The normalized spacial score (nSPS) is 14.1. The first-order valence-electron chi connectivity index (χ1n) is 9.63. The molecule has 1 aliphatic heterocycles. The van der Waals surface area contributed by atoms with Crippen LogP contribution in [-0.4, -0.2) is 67.4 Å². The lowest BCUT2D eigenvalue weighted by atomic mass is 10.2. The number of hydrogen-bond acceptors (Lipinski definition) is 4. The van der Waals surface area contributed by atoms with Gasteiger partial charge >= 0.3 is 0 Å². The first-order chi connectivity index (χ1) is 14.1. The summed E-state index contributed by atoms with van der Waals surface area (Å²) in [6.07, 6.45) is 0.689. The molecule has 1 saturated heterocycles. The molecular formula is C22H25N3O4. The molecule has 3 amide bonds. The number of nitrogens with zero attached hydrogens (tertiary/aromatic N) is 2. The van der Waals surface area contributed by atoms with Gasteiger partial charge in [-0.05, 0) is 36.8 Å². The Hall–Kier alpha value is -3.35. The van der Waals surface area contributed by atoms with Crippen molar-refractivity contribution in [3.63, 3.8) is 0 Å². The second-order valence-electron chi connectivity index (χ2n) is 6.81. The quantitative estimate of drug-likeness (QED) is 0.837. The summed E-state index contributed by atoms with van der Waals surface area (Å²) in [5, 5.41) is 2.66. The van der Waals surface area contributed by atoms with Crippen LogP contribution < -0.4 is 10.1 Å². The molecule has 0 radical (unpaired) electrons. The van der Waals surface area contributed by atoms with E-state index in [9.17, 15) is 14.4 Å². The summed E-state index contributed by atoms with van der Waals surface area (Å²) < 4.78 is 5.19. The maximum Gasteiger partial charge on any atom is 0.254 e. The Morgan fingerprint density at radius 3 is 2.34 bits per heavy atom. The van der Waals surface area contributed by atoms with Crippen LogP contribution in [0.5, 0.6) is 5.75 Å². The molecule has 0 atom stereocenters. The van der Waals surface area contributed by atoms with E-state index >= 15 is 0 Å². The number of nitrogens with one attached hydrogen (secondary N) is 1. The maximum atomic E-state index is 12.8. The Balaban J connectivity index is 1.53. The maximum absolute atomic E-state index is 12.8. The minimum atomic E-state index is -0.274. The third-order valence-electron chi connectivity index (χ3n) is 4.89. The predicted molar refractivity (Wildman–Crippen MR) is 109 cm³/mol. The molecule has 0 unspecified atom stereocenters. The summed E-state index contributed by atoms with van der Waals surface area (Å²) in [5.74, 6) is 0.140. The van der Waals surface area contributed by atoms with E-state index in [-0.39, 0.29) is 24.3 Å². The van der Waals surface area contributed by atoms with Crippen LogP contribution in [0.2, 0.25) is 0 Å². The first-order valence-corrected chi connectivity index (χ1v) is 9.63. The average Bonchev–Trinajstić information content (AvgIpc) is 3.03. The van der Waals surface area contributed by atoms with Gasteiger partial charge in [-0.3, -0.25) is 14.4 Å². The number of carbonyl (C=O) groups is 3. The molecule has 1 heterocycles. The molecule has 2 aromatic carbocycles. The summed E-state index contributed by atoms with van der Waals surface area (Å²) in [6, 6.07) is 15.9. The monoisotopic (exact) mass is 395 g/mol. The van der Waals surface area contributed by atoms with Crippen LogP contribution in [0, 0.1) is 0 Å². The highest BCUT2D eigenvalue weighted by molar-refractivity contribution is 5.96. The number of hydrogen-bond donors (Lipinski definition) is 1. The minimum absolute atomic E-state index is 0.0580. The summed E-state index contributed by atoms with van der Waals surface area (Å²) in [5.41, 5.74) is 1.09. The lowest BCUT2D eigenvalue weighted by molar-refractivity contribution is -0.129. The fourth-order valence-electron chi connectivity index (χ4n) is 3.27. The van der Waals surface area contributed by atoms with Gasteiger partial charge in [-0.2, -0.15) is 0 Å². The molecule has 2 aromatic rings. The van der Waals surface area contributed by atoms with E-state index in [0.717, 1.165) is 0 Å². The number of amides is 3. The van der Waals surface area contributed by atoms with Crippen molar-refractivity contribution in [2.24, 2.45) is 0 Å². The Morgan fingerprint density at radius 2 is 1.59 bits per heavy atom. The van der Waals surface area contributed by atoms with Gasteiger partial charge in [0.05, 0.1) is 13.7 Å². The Kier molecular flexibility index (Phi) is 6.84. The highest BCUT2D eigenvalue weighted by Crippen LogP contribution is 2.15. The molecule has 1 N–H and O–H groups in total. The lowest BCUT2D eigenvalue weighted by Gasteiger charge is -2.22. The highest BCUT2D eigenvalue weighted by atomic mass is 16.5. The second kappa shape index (κ2) is 9.73. The molecule has 29 heavy (non-hydrogen) atoms. The third-order valence-corrected chi connectivity index (χ3v) is 4.89. The lowest BCUT2D eigenvalue weighted by Crippen LogP contribution is -2.42. The van der Waals surface area contributed by atoms with Gasteiger partial charge in [0.25, 0.3) is 11.8 Å². The fourth-order valence-corrected chi connectivity index (χ4v) is 3.27. The van der Waals surface area contributed by atoms with Gasteiger partial charge in [-0.15, -0.1) is 0 Å². The van der Waals surface area contributed by atoms with Crippen LogP contribution in [0.15, 0.2) is 54.6 Å². The third kappa shape index (κ3) is 5.34. The number of carbonyl (C=O) groups excluding carboxylic acids is 3. The van der Waals surface area contributed by atoms with Crippen molar-refractivity contribution in [1.29, 1.82) is 0 Å². The zero-order valence-corrected chi connectivity index (χ0v) is 16.5. The van der Waals surface area contributed by atoms with Gasteiger partial charge in [0.1, 0.15) is 5.75 Å². The molecule has 1 aliphatic rings. The van der Waals surface area contributed by atoms with E-state index in [1.165, 1.54) is 0 Å². The molecule has 1 fully saturated rings. The van der Waals surface area contributed by atoms with Gasteiger partial charge in [0.15, 0.2) is 0 Å². The van der Waals surface area contributed by atoms with Crippen LogP contribution in [0.3, 0.4) is 0 Å². The van der Waals surface area contributed by atoms with E-state index in [1.54, 1.807) is 65.4 Å². The smallest absolute Gasteiger partial charge is 0.254 e. The minimum Gasteiger partial charge on any atom is -0.497 e. The molecule has 0 bridgehead atoms. The van der Waals surface area contributed by atoms with Crippen LogP contribution >= 0.6 is 0 Å². The second-order valence-corrected chi connectivity index (χ2v) is 6.81. The first kappa shape index (κ1) is 20.4. The summed E-state index contributed by atoms with van der Waals surface area (Å²) in [6.45, 7) is 1.97. The molecule has 7 heteroatoms. The number of ether oxygens (including phenoxy) is 1. The fraction of sp³-hybridized carbons (Fsp3) is 0.318. The molecule has 3 rings (SSSR count). The predicted octanol–water partition coefficient (Wildman–Crippen LogP) is 1.80.